The minimum Gasteiger partial charge on any atom is -0.390 e. The fourth-order valence-corrected chi connectivity index (χ4v) is 2.35. The lowest BCUT2D eigenvalue weighted by atomic mass is 10.0. The van der Waals surface area contributed by atoms with E-state index in [0.29, 0.717) is 27.4 Å². The van der Waals surface area contributed by atoms with E-state index in [0.717, 1.165) is 0 Å². The van der Waals surface area contributed by atoms with Gasteiger partial charge >= 0.3 is 0 Å². The van der Waals surface area contributed by atoms with Crippen LogP contribution >= 0.6 is 39.1 Å². The summed E-state index contributed by atoms with van der Waals surface area (Å²) in [7, 11) is 0. The summed E-state index contributed by atoms with van der Waals surface area (Å²) in [6.45, 7) is 0. The third-order valence-electron chi connectivity index (χ3n) is 2.06. The van der Waals surface area contributed by atoms with Gasteiger partial charge in [0, 0.05) is 20.9 Å². The van der Waals surface area contributed by atoms with Crippen molar-refractivity contribution in [1.82, 2.24) is 0 Å². The van der Waals surface area contributed by atoms with Gasteiger partial charge in [-0.2, -0.15) is 0 Å². The first kappa shape index (κ1) is 13.3. The Bertz CT molecular complexity index is 313. The molecule has 15 heavy (non-hydrogen) atoms. The molecule has 0 aliphatic carbocycles. The topological polar surface area (TPSA) is 40.5 Å². The molecule has 0 amide bonds. The molecule has 0 spiro atoms. The molecule has 0 aromatic heterocycles. The Kier molecular flexibility index (Phi) is 5.36. The second-order valence-corrected chi connectivity index (χ2v) is 4.73. The summed E-state index contributed by atoms with van der Waals surface area (Å²) in [4.78, 5) is 0. The molecule has 1 rings (SSSR count). The number of halogens is 3. The fraction of sp³-hybridized carbons (Fsp3) is 0.400. The van der Waals surface area contributed by atoms with Crippen molar-refractivity contribution >= 4 is 39.1 Å². The highest BCUT2D eigenvalue weighted by Gasteiger charge is 2.22. The normalized spacial score (nSPS) is 15.0. The van der Waals surface area contributed by atoms with Crippen molar-refractivity contribution in [2.45, 2.75) is 18.6 Å². The van der Waals surface area contributed by atoms with Crippen LogP contribution < -0.4 is 0 Å². The van der Waals surface area contributed by atoms with Gasteiger partial charge in [0.1, 0.15) is 6.10 Å². The summed E-state index contributed by atoms with van der Waals surface area (Å²) < 4.78 is 0. The summed E-state index contributed by atoms with van der Waals surface area (Å²) in [5.74, 6) is 0. The van der Waals surface area contributed by atoms with Crippen LogP contribution in [-0.4, -0.2) is 21.6 Å². The standard InChI is InChI=1S/C10H11BrCl2O2/c11-5-4-8(14)10(15)9-6(12)2-1-3-7(9)13/h1-3,8,10,14-15H,4-5H2. The molecule has 2 N–H and O–H groups in total. The average molecular weight is 314 g/mol. The lowest BCUT2D eigenvalue weighted by Crippen LogP contribution is -2.19. The van der Waals surface area contributed by atoms with Crippen LogP contribution in [0.2, 0.25) is 10.0 Å². The number of aliphatic hydroxyl groups is 2. The Morgan fingerprint density at radius 2 is 1.73 bits per heavy atom. The molecule has 2 nitrogen and oxygen atoms in total. The predicted molar refractivity (Wildman–Crippen MR) is 65.8 cm³/mol. The van der Waals surface area contributed by atoms with Crippen LogP contribution in [0.1, 0.15) is 18.1 Å². The van der Waals surface area contributed by atoms with Gasteiger partial charge in [-0.05, 0) is 18.6 Å². The number of benzene rings is 1. The minimum absolute atomic E-state index is 0.364. The van der Waals surface area contributed by atoms with Crippen molar-refractivity contribution in [1.29, 1.82) is 0 Å². The highest BCUT2D eigenvalue weighted by atomic mass is 79.9. The van der Waals surface area contributed by atoms with Gasteiger partial charge in [-0.25, -0.2) is 0 Å². The first-order valence-electron chi connectivity index (χ1n) is 4.44. The van der Waals surface area contributed by atoms with Crippen molar-refractivity contribution in [3.63, 3.8) is 0 Å². The van der Waals surface area contributed by atoms with Gasteiger partial charge in [0.15, 0.2) is 0 Å². The third kappa shape index (κ3) is 3.33. The van der Waals surface area contributed by atoms with Gasteiger partial charge in [0.05, 0.1) is 6.10 Å². The fourth-order valence-electron chi connectivity index (χ4n) is 1.26. The van der Waals surface area contributed by atoms with Crippen LogP contribution in [0, 0.1) is 0 Å². The molecule has 1 aromatic carbocycles. The van der Waals surface area contributed by atoms with Gasteiger partial charge in [-0.15, -0.1) is 0 Å². The molecule has 1 aromatic rings. The molecule has 0 radical (unpaired) electrons. The Balaban J connectivity index is 2.94. The maximum absolute atomic E-state index is 9.84. The van der Waals surface area contributed by atoms with Gasteiger partial charge in [0.2, 0.25) is 0 Å². The van der Waals surface area contributed by atoms with Gasteiger partial charge in [-0.3, -0.25) is 0 Å². The van der Waals surface area contributed by atoms with Crippen molar-refractivity contribution < 1.29 is 10.2 Å². The zero-order chi connectivity index (χ0) is 11.4. The maximum atomic E-state index is 9.84. The lowest BCUT2D eigenvalue weighted by molar-refractivity contribution is 0.0175. The molecule has 0 saturated carbocycles. The molecule has 2 atom stereocenters. The number of rotatable bonds is 4. The summed E-state index contributed by atoms with van der Waals surface area (Å²) >= 11 is 15.0. The number of hydrogen-bond acceptors (Lipinski definition) is 2. The van der Waals surface area contributed by atoms with Crippen LogP contribution in [0.5, 0.6) is 0 Å². The number of hydrogen-bond donors (Lipinski definition) is 2. The molecule has 2 unspecified atom stereocenters. The van der Waals surface area contributed by atoms with Crippen molar-refractivity contribution in [2.75, 3.05) is 5.33 Å². The van der Waals surface area contributed by atoms with Crippen molar-refractivity contribution in [2.24, 2.45) is 0 Å². The smallest absolute Gasteiger partial charge is 0.108 e. The van der Waals surface area contributed by atoms with Gasteiger partial charge in [-0.1, -0.05) is 45.2 Å². The zero-order valence-electron chi connectivity index (χ0n) is 7.83. The van der Waals surface area contributed by atoms with Gasteiger partial charge in [0.25, 0.3) is 0 Å². The summed E-state index contributed by atoms with van der Waals surface area (Å²) in [5.41, 5.74) is 0.384. The molecule has 0 fully saturated rings. The first-order chi connectivity index (χ1) is 7.07. The Hall–Kier alpha value is 0.200. The second kappa shape index (κ2) is 6.06. The molecule has 5 heteroatoms. The van der Waals surface area contributed by atoms with Crippen LogP contribution in [0.3, 0.4) is 0 Å². The monoisotopic (exact) mass is 312 g/mol. The van der Waals surface area contributed by atoms with Crippen molar-refractivity contribution in [3.05, 3.63) is 33.8 Å². The molecular formula is C10H11BrCl2O2. The van der Waals surface area contributed by atoms with E-state index >= 15 is 0 Å². The van der Waals surface area contributed by atoms with E-state index in [2.05, 4.69) is 15.9 Å². The molecule has 0 aliphatic rings. The molecule has 84 valence electrons. The molecular weight excluding hydrogens is 303 g/mol. The SMILES string of the molecule is OC(CCBr)C(O)c1c(Cl)cccc1Cl. The van der Waals surface area contributed by atoms with Crippen LogP contribution in [0.4, 0.5) is 0 Å². The third-order valence-corrected chi connectivity index (χ3v) is 3.18. The first-order valence-corrected chi connectivity index (χ1v) is 6.31. The molecule has 0 aliphatic heterocycles. The second-order valence-electron chi connectivity index (χ2n) is 3.13. The summed E-state index contributed by atoms with van der Waals surface area (Å²) in [6.07, 6.45) is -1.49. The zero-order valence-corrected chi connectivity index (χ0v) is 10.9. The summed E-state index contributed by atoms with van der Waals surface area (Å²) in [6, 6.07) is 4.96. The van der Waals surface area contributed by atoms with E-state index in [1.807, 2.05) is 0 Å². The highest BCUT2D eigenvalue weighted by molar-refractivity contribution is 9.09. The highest BCUT2D eigenvalue weighted by Crippen LogP contribution is 2.32. The average Bonchev–Trinajstić information content (AvgIpc) is 2.17. The number of alkyl halides is 1. The van der Waals surface area contributed by atoms with Crippen LogP contribution in [-0.2, 0) is 0 Å². The molecule has 0 heterocycles. The minimum atomic E-state index is -1.05. The Morgan fingerprint density at radius 1 is 1.20 bits per heavy atom. The Morgan fingerprint density at radius 3 is 2.20 bits per heavy atom. The van der Waals surface area contributed by atoms with Crippen LogP contribution in [0.25, 0.3) is 0 Å². The molecule has 0 saturated heterocycles. The summed E-state index contributed by atoms with van der Waals surface area (Å²) in [5, 5.41) is 20.8. The van der Waals surface area contributed by atoms with Crippen molar-refractivity contribution in [3.8, 4) is 0 Å². The molecule has 0 bridgehead atoms. The van der Waals surface area contributed by atoms with E-state index in [1.54, 1.807) is 18.2 Å². The lowest BCUT2D eigenvalue weighted by Gasteiger charge is -2.19. The van der Waals surface area contributed by atoms with E-state index < -0.39 is 12.2 Å². The van der Waals surface area contributed by atoms with Crippen LogP contribution in [0.15, 0.2) is 18.2 Å². The van der Waals surface area contributed by atoms with E-state index in [1.165, 1.54) is 0 Å². The van der Waals surface area contributed by atoms with E-state index in [4.69, 9.17) is 23.2 Å². The maximum Gasteiger partial charge on any atom is 0.108 e. The largest absolute Gasteiger partial charge is 0.390 e. The quantitative estimate of drug-likeness (QED) is 0.838. The van der Waals surface area contributed by atoms with Gasteiger partial charge < -0.3 is 10.2 Å². The number of aliphatic hydroxyl groups excluding tert-OH is 2. The van der Waals surface area contributed by atoms with E-state index in [-0.39, 0.29) is 0 Å². The Labute approximate surface area is 107 Å². The predicted octanol–water partition coefficient (Wildman–Crippen LogP) is 3.17. The van der Waals surface area contributed by atoms with E-state index in [9.17, 15) is 10.2 Å².